The van der Waals surface area contributed by atoms with Crippen molar-refractivity contribution in [2.45, 2.75) is 45.1 Å². The van der Waals surface area contributed by atoms with Crippen molar-refractivity contribution < 1.29 is 24.2 Å². The number of hydrogen-bond donors (Lipinski definition) is 3. The van der Waals surface area contributed by atoms with Crippen LogP contribution in [0, 0.1) is 0 Å². The lowest BCUT2D eigenvalue weighted by atomic mass is 10.1. The summed E-state index contributed by atoms with van der Waals surface area (Å²) in [5.74, 6) is -1.45. The summed E-state index contributed by atoms with van der Waals surface area (Å²) in [6.45, 7) is 1.68. The van der Waals surface area contributed by atoms with Gasteiger partial charge in [-0.05, 0) is 37.8 Å². The first-order chi connectivity index (χ1) is 10.5. The van der Waals surface area contributed by atoms with E-state index in [9.17, 15) is 9.59 Å². The number of aliphatic hydroxyl groups is 1. The average Bonchev–Trinajstić information content (AvgIpc) is 2.98. The quantitative estimate of drug-likeness (QED) is 0.573. The Morgan fingerprint density at radius 1 is 1.41 bits per heavy atom. The van der Waals surface area contributed by atoms with Crippen LogP contribution in [0.4, 0.5) is 0 Å². The highest BCUT2D eigenvalue weighted by Gasteiger charge is 2.18. The zero-order valence-electron chi connectivity index (χ0n) is 12.7. The largest absolute Gasteiger partial charge is 0.480 e. The molecule has 1 heterocycles. The van der Waals surface area contributed by atoms with E-state index < -0.39 is 12.0 Å². The molecule has 22 heavy (non-hydrogen) atoms. The first-order valence-electron chi connectivity index (χ1n) is 7.32. The van der Waals surface area contributed by atoms with Crippen molar-refractivity contribution >= 4 is 11.9 Å². The Morgan fingerprint density at radius 2 is 2.18 bits per heavy atom. The summed E-state index contributed by atoms with van der Waals surface area (Å²) < 4.78 is 4.99. The summed E-state index contributed by atoms with van der Waals surface area (Å²) in [4.78, 5) is 22.6. The van der Waals surface area contributed by atoms with Gasteiger partial charge < -0.3 is 19.9 Å². The summed E-state index contributed by atoms with van der Waals surface area (Å²) in [7, 11) is 0. The number of carbonyl (C=O) groups is 2. The number of aliphatic hydroxyl groups excluding tert-OH is 1. The van der Waals surface area contributed by atoms with Crippen LogP contribution >= 0.6 is 0 Å². The van der Waals surface area contributed by atoms with Crippen molar-refractivity contribution in [3.8, 4) is 0 Å². The van der Waals surface area contributed by atoms with Crippen molar-refractivity contribution in [3.63, 3.8) is 0 Å². The first-order valence-corrected chi connectivity index (χ1v) is 7.32. The number of allylic oxidation sites excluding steroid dienone is 2. The normalized spacial score (nSPS) is 12.9. The van der Waals surface area contributed by atoms with Gasteiger partial charge in [0, 0.05) is 19.4 Å². The molecule has 0 bridgehead atoms. The maximum Gasteiger partial charge on any atom is 0.326 e. The Balaban J connectivity index is 2.28. The molecule has 0 saturated carbocycles. The van der Waals surface area contributed by atoms with Crippen LogP contribution in [0.1, 0.15) is 38.2 Å². The fraction of sp³-hybridized carbons (Fsp3) is 0.500. The molecule has 0 saturated heterocycles. The van der Waals surface area contributed by atoms with Crippen LogP contribution in [0.3, 0.4) is 0 Å². The zero-order valence-corrected chi connectivity index (χ0v) is 12.7. The maximum atomic E-state index is 11.7. The predicted octanol–water partition coefficient (Wildman–Crippen LogP) is 1.89. The third-order valence-corrected chi connectivity index (χ3v) is 3.30. The van der Waals surface area contributed by atoms with Gasteiger partial charge in [-0.15, -0.1) is 0 Å². The van der Waals surface area contributed by atoms with Gasteiger partial charge in [-0.25, -0.2) is 4.79 Å². The Labute approximate surface area is 129 Å². The lowest BCUT2D eigenvalue weighted by molar-refractivity contribution is -0.142. The van der Waals surface area contributed by atoms with Gasteiger partial charge >= 0.3 is 5.97 Å². The summed E-state index contributed by atoms with van der Waals surface area (Å²) >= 11 is 0. The molecule has 1 amide bonds. The number of aliphatic carboxylic acids is 1. The number of amides is 1. The minimum absolute atomic E-state index is 0.0145. The van der Waals surface area contributed by atoms with E-state index in [1.54, 1.807) is 12.5 Å². The summed E-state index contributed by atoms with van der Waals surface area (Å²) in [6.07, 6.45) is 8.02. The molecule has 0 aliphatic rings. The molecular formula is C16H23NO5. The number of carbonyl (C=O) groups excluding carboxylic acids is 1. The molecule has 0 aromatic carbocycles. The molecule has 122 valence electrons. The topological polar surface area (TPSA) is 99.8 Å². The van der Waals surface area contributed by atoms with E-state index in [0.717, 1.165) is 24.0 Å². The molecular weight excluding hydrogens is 286 g/mol. The Bertz CT molecular complexity index is 493. The second kappa shape index (κ2) is 9.78. The minimum atomic E-state index is -1.13. The molecule has 1 atom stereocenters. The van der Waals surface area contributed by atoms with E-state index in [1.165, 1.54) is 0 Å². The highest BCUT2D eigenvalue weighted by molar-refractivity contribution is 5.83. The molecule has 0 radical (unpaired) electrons. The van der Waals surface area contributed by atoms with Crippen molar-refractivity contribution in [2.75, 3.05) is 6.61 Å². The third kappa shape index (κ3) is 7.08. The second-order valence-corrected chi connectivity index (χ2v) is 5.19. The van der Waals surface area contributed by atoms with E-state index in [2.05, 4.69) is 11.4 Å². The molecule has 1 rings (SSSR count). The van der Waals surface area contributed by atoms with Crippen molar-refractivity contribution in [1.82, 2.24) is 5.32 Å². The van der Waals surface area contributed by atoms with Crippen LogP contribution in [-0.4, -0.2) is 34.7 Å². The monoisotopic (exact) mass is 309 g/mol. The molecule has 0 fully saturated rings. The Kier molecular flexibility index (Phi) is 7.99. The number of furan rings is 1. The highest BCUT2D eigenvalue weighted by Crippen LogP contribution is 2.09. The third-order valence-electron chi connectivity index (χ3n) is 3.30. The predicted molar refractivity (Wildman–Crippen MR) is 81.3 cm³/mol. The SMILES string of the molecule is C/C(=C\CCc1ccoc1)CCC(=O)NC(CCO)C(=O)O. The fourth-order valence-electron chi connectivity index (χ4n) is 1.99. The number of hydrogen-bond acceptors (Lipinski definition) is 4. The molecule has 1 aromatic heterocycles. The van der Waals surface area contributed by atoms with E-state index >= 15 is 0 Å². The van der Waals surface area contributed by atoms with Crippen LogP contribution in [-0.2, 0) is 16.0 Å². The molecule has 6 nitrogen and oxygen atoms in total. The molecule has 1 unspecified atom stereocenters. The standard InChI is InChI=1S/C16H23NO5/c1-12(3-2-4-13-8-10-22-11-13)5-6-15(19)17-14(7-9-18)16(20)21/h3,8,10-11,14,18H,2,4-7,9H2,1H3,(H,17,19)(H,20,21)/b12-3+. The Hall–Kier alpha value is -2.08. The second-order valence-electron chi connectivity index (χ2n) is 5.19. The molecule has 0 spiro atoms. The number of rotatable bonds is 10. The van der Waals surface area contributed by atoms with Gasteiger partial charge in [0.15, 0.2) is 0 Å². The maximum absolute atomic E-state index is 11.7. The van der Waals surface area contributed by atoms with Gasteiger partial charge in [0.1, 0.15) is 6.04 Å². The Morgan fingerprint density at radius 3 is 2.77 bits per heavy atom. The number of aryl methyl sites for hydroxylation is 1. The summed E-state index contributed by atoms with van der Waals surface area (Å²) in [6, 6.07) is 0.895. The number of carboxylic acid groups (broad SMARTS) is 1. The lowest BCUT2D eigenvalue weighted by Crippen LogP contribution is -2.41. The van der Waals surface area contributed by atoms with Gasteiger partial charge in [0.05, 0.1) is 12.5 Å². The lowest BCUT2D eigenvalue weighted by Gasteiger charge is -2.13. The van der Waals surface area contributed by atoms with E-state index in [4.69, 9.17) is 14.6 Å². The molecule has 0 aliphatic carbocycles. The molecule has 6 heteroatoms. The summed E-state index contributed by atoms with van der Waals surface area (Å²) in [5.41, 5.74) is 2.22. The minimum Gasteiger partial charge on any atom is -0.480 e. The molecule has 3 N–H and O–H groups in total. The average molecular weight is 309 g/mol. The molecule has 0 aliphatic heterocycles. The van der Waals surface area contributed by atoms with E-state index in [-0.39, 0.29) is 25.4 Å². The van der Waals surface area contributed by atoms with Gasteiger partial charge in [-0.2, -0.15) is 0 Å². The fourth-order valence-corrected chi connectivity index (χ4v) is 1.99. The van der Waals surface area contributed by atoms with Crippen LogP contribution in [0.25, 0.3) is 0 Å². The first kappa shape index (κ1) is 18.0. The van der Waals surface area contributed by atoms with Crippen LogP contribution in [0.2, 0.25) is 0 Å². The van der Waals surface area contributed by atoms with Crippen molar-refractivity contribution in [1.29, 1.82) is 0 Å². The molecule has 1 aromatic rings. The zero-order chi connectivity index (χ0) is 16.4. The van der Waals surface area contributed by atoms with E-state index in [1.807, 2.05) is 13.0 Å². The van der Waals surface area contributed by atoms with Crippen LogP contribution in [0.15, 0.2) is 34.7 Å². The highest BCUT2D eigenvalue weighted by atomic mass is 16.4. The van der Waals surface area contributed by atoms with Gasteiger partial charge in [-0.1, -0.05) is 11.6 Å². The van der Waals surface area contributed by atoms with Crippen LogP contribution < -0.4 is 5.32 Å². The summed E-state index contributed by atoms with van der Waals surface area (Å²) in [5, 5.41) is 20.1. The smallest absolute Gasteiger partial charge is 0.326 e. The van der Waals surface area contributed by atoms with Crippen molar-refractivity contribution in [2.24, 2.45) is 0 Å². The number of carboxylic acids is 1. The van der Waals surface area contributed by atoms with Crippen LogP contribution in [0.5, 0.6) is 0 Å². The van der Waals surface area contributed by atoms with Gasteiger partial charge in [0.2, 0.25) is 5.91 Å². The van der Waals surface area contributed by atoms with E-state index in [0.29, 0.717) is 6.42 Å². The van der Waals surface area contributed by atoms with Crippen molar-refractivity contribution in [3.05, 3.63) is 35.8 Å². The number of nitrogens with one attached hydrogen (secondary N) is 1. The van der Waals surface area contributed by atoms with Gasteiger partial charge in [0.25, 0.3) is 0 Å². The van der Waals surface area contributed by atoms with Gasteiger partial charge in [-0.3, -0.25) is 4.79 Å².